The minimum absolute atomic E-state index is 0.0614. The number of fused-ring (bicyclic) bond motifs is 1. The lowest BCUT2D eigenvalue weighted by Crippen LogP contribution is -2.13. The van der Waals surface area contributed by atoms with E-state index in [0.717, 1.165) is 34.2 Å². The molecule has 0 saturated carbocycles. The predicted molar refractivity (Wildman–Crippen MR) is 108 cm³/mol. The number of hydrogen-bond acceptors (Lipinski definition) is 5. The summed E-state index contributed by atoms with van der Waals surface area (Å²) in [4.78, 5) is 23.2. The molecule has 0 spiro atoms. The third kappa shape index (κ3) is 3.80. The van der Waals surface area contributed by atoms with Crippen molar-refractivity contribution in [3.05, 3.63) is 92.8 Å². The lowest BCUT2D eigenvalue weighted by atomic mass is 9.86. The number of rotatable bonds is 5. The van der Waals surface area contributed by atoms with Gasteiger partial charge in [0.05, 0.1) is 18.6 Å². The van der Waals surface area contributed by atoms with Crippen molar-refractivity contribution in [2.24, 2.45) is 0 Å². The van der Waals surface area contributed by atoms with Gasteiger partial charge in [-0.25, -0.2) is 0 Å². The molecule has 0 aliphatic heterocycles. The van der Waals surface area contributed by atoms with Crippen molar-refractivity contribution in [3.8, 4) is 5.75 Å². The zero-order valence-electron chi connectivity index (χ0n) is 15.9. The SMILES string of the molecule is COc1ccc(/C=C2/CCc3ccccc3C2=O)cc1Cn1cc([N+](=O)[O-])cn1. The Labute approximate surface area is 167 Å². The average molecular weight is 389 g/mol. The Kier molecular flexibility index (Phi) is 4.95. The van der Waals surface area contributed by atoms with Crippen LogP contribution in [-0.2, 0) is 13.0 Å². The van der Waals surface area contributed by atoms with Gasteiger partial charge in [0.1, 0.15) is 18.1 Å². The minimum Gasteiger partial charge on any atom is -0.496 e. The van der Waals surface area contributed by atoms with E-state index >= 15 is 0 Å². The highest BCUT2D eigenvalue weighted by Crippen LogP contribution is 2.28. The Morgan fingerprint density at radius 1 is 1.24 bits per heavy atom. The summed E-state index contributed by atoms with van der Waals surface area (Å²) >= 11 is 0. The van der Waals surface area contributed by atoms with Gasteiger partial charge in [0.25, 0.3) is 0 Å². The van der Waals surface area contributed by atoms with E-state index < -0.39 is 4.92 Å². The molecule has 0 unspecified atom stereocenters. The molecule has 0 fully saturated rings. The fourth-order valence-electron chi connectivity index (χ4n) is 3.57. The van der Waals surface area contributed by atoms with E-state index in [-0.39, 0.29) is 11.5 Å². The molecule has 0 amide bonds. The molecule has 2 aromatic carbocycles. The molecule has 0 bridgehead atoms. The quantitative estimate of drug-likeness (QED) is 0.373. The van der Waals surface area contributed by atoms with Crippen molar-refractivity contribution in [1.82, 2.24) is 9.78 Å². The van der Waals surface area contributed by atoms with E-state index in [4.69, 9.17) is 4.74 Å². The maximum absolute atomic E-state index is 12.8. The van der Waals surface area contributed by atoms with E-state index in [9.17, 15) is 14.9 Å². The summed E-state index contributed by atoms with van der Waals surface area (Å²) in [5.74, 6) is 0.720. The van der Waals surface area contributed by atoms with Crippen molar-refractivity contribution in [3.63, 3.8) is 0 Å². The number of methoxy groups -OCH3 is 1. The number of nitrogens with zero attached hydrogens (tertiary/aromatic N) is 3. The van der Waals surface area contributed by atoms with Crippen LogP contribution in [0.3, 0.4) is 0 Å². The number of carbonyl (C=O) groups is 1. The third-order valence-electron chi connectivity index (χ3n) is 5.03. The lowest BCUT2D eigenvalue weighted by Gasteiger charge is -2.17. The molecule has 29 heavy (non-hydrogen) atoms. The Morgan fingerprint density at radius 3 is 2.83 bits per heavy atom. The summed E-state index contributed by atoms with van der Waals surface area (Å²) in [6.07, 6.45) is 6.05. The lowest BCUT2D eigenvalue weighted by molar-refractivity contribution is -0.385. The number of carbonyl (C=O) groups excluding carboxylic acids is 1. The molecule has 0 atom stereocenters. The van der Waals surface area contributed by atoms with Crippen LogP contribution in [0.1, 0.15) is 33.5 Å². The Bertz CT molecular complexity index is 1130. The fraction of sp³-hybridized carbons (Fsp3) is 0.182. The molecule has 1 aromatic heterocycles. The summed E-state index contributed by atoms with van der Waals surface area (Å²) in [5.41, 5.74) is 4.27. The second-order valence-electron chi connectivity index (χ2n) is 6.88. The molecule has 0 saturated heterocycles. The Morgan fingerprint density at radius 2 is 2.07 bits per heavy atom. The second kappa shape index (κ2) is 7.71. The van der Waals surface area contributed by atoms with Crippen molar-refractivity contribution in [2.45, 2.75) is 19.4 Å². The number of aryl methyl sites for hydroxylation is 1. The maximum atomic E-state index is 12.8. The molecule has 1 aliphatic rings. The van der Waals surface area contributed by atoms with Crippen LogP contribution < -0.4 is 4.74 Å². The van der Waals surface area contributed by atoms with E-state index in [1.165, 1.54) is 17.1 Å². The van der Waals surface area contributed by atoms with Crippen LogP contribution >= 0.6 is 0 Å². The number of ketones is 1. The standard InChI is InChI=1S/C22H19N3O4/c1-29-21-9-6-15(11-18(21)13-24-14-19(12-23-24)25(27)28)10-17-8-7-16-4-2-3-5-20(16)22(17)26/h2-6,9-12,14H,7-8,13H2,1H3/b17-10-. The van der Waals surface area contributed by atoms with Crippen LogP contribution in [0.25, 0.3) is 6.08 Å². The van der Waals surface area contributed by atoms with Crippen LogP contribution in [0.4, 0.5) is 5.69 Å². The minimum atomic E-state index is -0.478. The Hall–Kier alpha value is -3.74. The summed E-state index contributed by atoms with van der Waals surface area (Å²) in [7, 11) is 1.57. The highest BCUT2D eigenvalue weighted by atomic mass is 16.6. The number of hydrogen-bond donors (Lipinski definition) is 0. The largest absolute Gasteiger partial charge is 0.496 e. The van der Waals surface area contributed by atoms with Gasteiger partial charge in [0.2, 0.25) is 0 Å². The van der Waals surface area contributed by atoms with Gasteiger partial charge in [-0.2, -0.15) is 5.10 Å². The van der Waals surface area contributed by atoms with E-state index in [1.54, 1.807) is 7.11 Å². The van der Waals surface area contributed by atoms with Crippen LogP contribution in [-0.4, -0.2) is 27.6 Å². The number of allylic oxidation sites excluding steroid dienone is 1. The van der Waals surface area contributed by atoms with E-state index in [0.29, 0.717) is 18.7 Å². The van der Waals surface area contributed by atoms with Crippen molar-refractivity contribution in [1.29, 1.82) is 0 Å². The number of ether oxygens (including phenoxy) is 1. The third-order valence-corrected chi connectivity index (χ3v) is 5.03. The summed E-state index contributed by atoms with van der Waals surface area (Å²) in [6.45, 7) is 0.324. The molecule has 7 nitrogen and oxygen atoms in total. The van der Waals surface area contributed by atoms with Crippen molar-refractivity contribution in [2.75, 3.05) is 7.11 Å². The highest BCUT2D eigenvalue weighted by molar-refractivity contribution is 6.13. The van der Waals surface area contributed by atoms with Gasteiger partial charge < -0.3 is 4.74 Å². The van der Waals surface area contributed by atoms with Gasteiger partial charge in [-0.3, -0.25) is 19.6 Å². The first kappa shape index (κ1) is 18.6. The topological polar surface area (TPSA) is 87.3 Å². The molecule has 0 radical (unpaired) electrons. The molecule has 1 heterocycles. The average Bonchev–Trinajstić information content (AvgIpc) is 3.19. The molecule has 4 rings (SSSR count). The number of nitro groups is 1. The van der Waals surface area contributed by atoms with Crippen LogP contribution in [0, 0.1) is 10.1 Å². The monoisotopic (exact) mass is 389 g/mol. The number of aromatic nitrogens is 2. The summed E-state index contributed by atoms with van der Waals surface area (Å²) < 4.78 is 6.92. The Balaban J connectivity index is 1.63. The van der Waals surface area contributed by atoms with Crippen LogP contribution in [0.15, 0.2) is 60.4 Å². The smallest absolute Gasteiger partial charge is 0.307 e. The summed E-state index contributed by atoms with van der Waals surface area (Å²) in [6, 6.07) is 13.4. The first-order valence-corrected chi connectivity index (χ1v) is 9.22. The molecule has 146 valence electrons. The zero-order chi connectivity index (χ0) is 20.4. The zero-order valence-corrected chi connectivity index (χ0v) is 15.9. The normalized spacial score (nSPS) is 14.7. The first-order valence-electron chi connectivity index (χ1n) is 9.22. The summed E-state index contributed by atoms with van der Waals surface area (Å²) in [5, 5.41) is 14.9. The first-order chi connectivity index (χ1) is 14.0. The number of Topliss-reactive ketones (excluding diaryl/α,β-unsaturated/α-hetero) is 1. The van der Waals surface area contributed by atoms with E-state index in [1.807, 2.05) is 48.5 Å². The molecule has 3 aromatic rings. The molecular weight excluding hydrogens is 370 g/mol. The maximum Gasteiger partial charge on any atom is 0.307 e. The van der Waals surface area contributed by atoms with Crippen LogP contribution in [0.5, 0.6) is 5.75 Å². The molecular formula is C22H19N3O4. The van der Waals surface area contributed by atoms with Gasteiger partial charge in [0.15, 0.2) is 5.78 Å². The fourth-order valence-corrected chi connectivity index (χ4v) is 3.57. The molecule has 7 heteroatoms. The van der Waals surface area contributed by atoms with Gasteiger partial charge in [0, 0.05) is 16.7 Å². The predicted octanol–water partition coefficient (Wildman–Crippen LogP) is 4.06. The van der Waals surface area contributed by atoms with Gasteiger partial charge in [-0.15, -0.1) is 0 Å². The van der Waals surface area contributed by atoms with Gasteiger partial charge in [-0.05, 0) is 42.2 Å². The molecule has 0 N–H and O–H groups in total. The van der Waals surface area contributed by atoms with E-state index in [2.05, 4.69) is 5.10 Å². The second-order valence-corrected chi connectivity index (χ2v) is 6.88. The van der Waals surface area contributed by atoms with Gasteiger partial charge in [-0.1, -0.05) is 30.3 Å². The molecule has 1 aliphatic carbocycles. The van der Waals surface area contributed by atoms with Crippen LogP contribution in [0.2, 0.25) is 0 Å². The van der Waals surface area contributed by atoms with Crippen molar-refractivity contribution < 1.29 is 14.5 Å². The number of benzene rings is 2. The van der Waals surface area contributed by atoms with Crippen molar-refractivity contribution >= 4 is 17.5 Å². The highest BCUT2D eigenvalue weighted by Gasteiger charge is 2.21. The van der Waals surface area contributed by atoms with Gasteiger partial charge >= 0.3 is 5.69 Å².